The zero-order chi connectivity index (χ0) is 9.10. The molecule has 0 bridgehead atoms. The van der Waals surface area contributed by atoms with Gasteiger partial charge >= 0.3 is 0 Å². The van der Waals surface area contributed by atoms with Crippen molar-refractivity contribution in [1.82, 2.24) is 4.81 Å². The Morgan fingerprint density at radius 3 is 3.08 bits per heavy atom. The van der Waals surface area contributed by atoms with Crippen molar-refractivity contribution in [2.24, 2.45) is 0 Å². The second-order valence-electron chi connectivity index (χ2n) is 3.18. The van der Waals surface area contributed by atoms with E-state index in [1.165, 1.54) is 5.56 Å². The van der Waals surface area contributed by atoms with Crippen molar-refractivity contribution in [3.05, 3.63) is 29.8 Å². The van der Waals surface area contributed by atoms with Gasteiger partial charge < -0.3 is 9.55 Å². The van der Waals surface area contributed by atoms with Crippen LogP contribution in [0, 0.1) is 0 Å². The van der Waals surface area contributed by atoms with Crippen molar-refractivity contribution < 1.29 is 4.74 Å². The van der Waals surface area contributed by atoms with Gasteiger partial charge in [0.05, 0.1) is 6.61 Å². The third kappa shape index (κ3) is 1.86. The van der Waals surface area contributed by atoms with Gasteiger partial charge in [0.2, 0.25) is 7.41 Å². The molecule has 0 fully saturated rings. The highest BCUT2D eigenvalue weighted by molar-refractivity contribution is 6.29. The first-order chi connectivity index (χ1) is 6.40. The number of hydrogen-bond donors (Lipinski definition) is 0. The molecule has 0 saturated carbocycles. The summed E-state index contributed by atoms with van der Waals surface area (Å²) in [5, 5.41) is 0. The lowest BCUT2D eigenvalue weighted by Crippen LogP contribution is -2.27. The highest BCUT2D eigenvalue weighted by atomic mass is 16.5. The monoisotopic (exact) mass is 174 g/mol. The quantitative estimate of drug-likeness (QED) is 0.599. The first-order valence-corrected chi connectivity index (χ1v) is 4.64. The Balaban J connectivity index is 2.23. The van der Waals surface area contributed by atoms with Crippen molar-refractivity contribution in [1.29, 1.82) is 0 Å². The molecule has 2 rings (SSSR count). The lowest BCUT2D eigenvalue weighted by molar-refractivity contribution is 0.296. The minimum Gasteiger partial charge on any atom is -0.492 e. The van der Waals surface area contributed by atoms with Crippen LogP contribution in [0.3, 0.4) is 0 Å². The van der Waals surface area contributed by atoms with E-state index in [-0.39, 0.29) is 0 Å². The zero-order valence-corrected chi connectivity index (χ0v) is 7.86. The number of hydrogen-bond acceptors (Lipinski definition) is 2. The third-order valence-corrected chi connectivity index (χ3v) is 2.35. The van der Waals surface area contributed by atoms with Crippen LogP contribution >= 0.6 is 0 Å². The molecule has 0 saturated heterocycles. The van der Waals surface area contributed by atoms with Gasteiger partial charge in [-0.1, -0.05) is 25.0 Å². The van der Waals surface area contributed by atoms with Crippen LogP contribution in [0.15, 0.2) is 24.3 Å². The van der Waals surface area contributed by atoms with Gasteiger partial charge in [-0.2, -0.15) is 0 Å². The van der Waals surface area contributed by atoms with E-state index in [0.717, 1.165) is 25.4 Å². The topological polar surface area (TPSA) is 12.5 Å². The van der Waals surface area contributed by atoms with E-state index >= 15 is 0 Å². The van der Waals surface area contributed by atoms with Gasteiger partial charge in [0.25, 0.3) is 0 Å². The lowest BCUT2D eigenvalue weighted by Gasteiger charge is -2.15. The molecule has 67 valence electrons. The number of rotatable bonds is 1. The number of nitrogens with zero attached hydrogens (tertiary/aromatic N) is 1. The first-order valence-electron chi connectivity index (χ1n) is 4.64. The molecule has 1 aliphatic rings. The molecule has 0 atom stereocenters. The van der Waals surface area contributed by atoms with Crippen LogP contribution in [-0.4, -0.2) is 25.4 Å². The lowest BCUT2D eigenvalue weighted by atomic mass is 9.95. The summed E-state index contributed by atoms with van der Waals surface area (Å²) in [6, 6.07) is 8.23. The number of ether oxygens (including phenoxy) is 1. The summed E-state index contributed by atoms with van der Waals surface area (Å²) < 4.78 is 5.62. The molecule has 2 nitrogen and oxygen atoms in total. The van der Waals surface area contributed by atoms with Crippen LogP contribution in [0.2, 0.25) is 6.82 Å². The van der Waals surface area contributed by atoms with E-state index in [0.29, 0.717) is 0 Å². The number of benzene rings is 1. The fraction of sp³-hybridized carbons (Fsp3) is 0.400. The second kappa shape index (κ2) is 3.84. The summed E-state index contributed by atoms with van der Waals surface area (Å²) in [6.45, 7) is 4.78. The van der Waals surface area contributed by atoms with Gasteiger partial charge in [0.15, 0.2) is 0 Å². The summed E-state index contributed by atoms with van der Waals surface area (Å²) in [7, 11) is 2.12. The fourth-order valence-electron chi connectivity index (χ4n) is 1.57. The Bertz CT molecular complexity index is 290. The van der Waals surface area contributed by atoms with Crippen LogP contribution in [-0.2, 0) is 6.54 Å². The Morgan fingerprint density at radius 2 is 2.23 bits per heavy atom. The van der Waals surface area contributed by atoms with Gasteiger partial charge in [-0.05, 0) is 6.07 Å². The van der Waals surface area contributed by atoms with Crippen molar-refractivity contribution in [2.45, 2.75) is 13.4 Å². The minimum atomic E-state index is 0.779. The van der Waals surface area contributed by atoms with Gasteiger partial charge in [0.1, 0.15) is 5.75 Å². The van der Waals surface area contributed by atoms with Crippen LogP contribution in [0.1, 0.15) is 5.56 Å². The molecule has 0 aliphatic carbocycles. The third-order valence-electron chi connectivity index (χ3n) is 2.35. The van der Waals surface area contributed by atoms with Gasteiger partial charge in [-0.15, -0.1) is 0 Å². The molecule has 0 aromatic heterocycles. The smallest absolute Gasteiger partial charge is 0.205 e. The van der Waals surface area contributed by atoms with Crippen LogP contribution in [0.5, 0.6) is 5.75 Å². The molecule has 1 radical (unpaired) electrons. The number of para-hydroxylation sites is 1. The Morgan fingerprint density at radius 1 is 1.38 bits per heavy atom. The van der Waals surface area contributed by atoms with E-state index in [9.17, 15) is 0 Å². The van der Waals surface area contributed by atoms with Crippen LogP contribution in [0.25, 0.3) is 0 Å². The second-order valence-corrected chi connectivity index (χ2v) is 3.18. The summed E-state index contributed by atoms with van der Waals surface area (Å²) in [4.78, 5) is 2.27. The predicted molar refractivity (Wildman–Crippen MR) is 54.0 cm³/mol. The van der Waals surface area contributed by atoms with E-state index in [1.54, 1.807) is 0 Å². The molecule has 1 aromatic rings. The first kappa shape index (κ1) is 8.63. The van der Waals surface area contributed by atoms with Crippen molar-refractivity contribution in [3.8, 4) is 5.75 Å². The maximum absolute atomic E-state index is 5.62. The molecule has 1 heterocycles. The molecule has 0 N–H and O–H groups in total. The van der Waals surface area contributed by atoms with Gasteiger partial charge in [0, 0.05) is 18.7 Å². The van der Waals surface area contributed by atoms with Gasteiger partial charge in [-0.3, -0.25) is 0 Å². The largest absolute Gasteiger partial charge is 0.492 e. The zero-order valence-electron chi connectivity index (χ0n) is 7.86. The molecule has 13 heavy (non-hydrogen) atoms. The molecule has 3 heteroatoms. The van der Waals surface area contributed by atoms with Crippen LogP contribution < -0.4 is 4.74 Å². The highest BCUT2D eigenvalue weighted by Crippen LogP contribution is 2.21. The number of fused-ring (bicyclic) bond motifs is 1. The predicted octanol–water partition coefficient (Wildman–Crippen LogP) is 1.55. The van der Waals surface area contributed by atoms with Crippen molar-refractivity contribution in [3.63, 3.8) is 0 Å². The Hall–Kier alpha value is -0.955. The summed E-state index contributed by atoms with van der Waals surface area (Å²) >= 11 is 0. The molecular weight excluding hydrogens is 161 g/mol. The SMILES string of the molecule is C[B]N1CCOc2ccccc2C1. The summed E-state index contributed by atoms with van der Waals surface area (Å²) in [5.74, 6) is 1.03. The fourth-order valence-corrected chi connectivity index (χ4v) is 1.57. The Labute approximate surface area is 79.8 Å². The van der Waals surface area contributed by atoms with Crippen molar-refractivity contribution >= 4 is 7.41 Å². The molecule has 0 unspecified atom stereocenters. The van der Waals surface area contributed by atoms with E-state index in [1.807, 2.05) is 12.1 Å². The average molecular weight is 174 g/mol. The maximum atomic E-state index is 5.62. The van der Waals surface area contributed by atoms with Crippen molar-refractivity contribution in [2.75, 3.05) is 13.2 Å². The summed E-state index contributed by atoms with van der Waals surface area (Å²) in [5.41, 5.74) is 1.28. The maximum Gasteiger partial charge on any atom is 0.205 e. The van der Waals surface area contributed by atoms with Gasteiger partial charge in [-0.25, -0.2) is 0 Å². The molecule has 0 spiro atoms. The normalized spacial score (nSPS) is 17.0. The standard InChI is InChI=1S/C10H13BNO/c1-11-12-6-7-13-10-5-3-2-4-9(10)8-12/h2-5H,6-8H2,1H3. The Kier molecular flexibility index (Phi) is 2.55. The van der Waals surface area contributed by atoms with Crippen LogP contribution in [0.4, 0.5) is 0 Å². The molecule has 0 amide bonds. The van der Waals surface area contributed by atoms with E-state index in [2.05, 4.69) is 31.2 Å². The average Bonchev–Trinajstić information content (AvgIpc) is 2.38. The molecule has 1 aromatic carbocycles. The minimum absolute atomic E-state index is 0.779. The molecule has 1 aliphatic heterocycles. The highest BCUT2D eigenvalue weighted by Gasteiger charge is 2.12. The summed E-state index contributed by atoms with van der Waals surface area (Å²) in [6.07, 6.45) is 0. The van der Waals surface area contributed by atoms with E-state index in [4.69, 9.17) is 4.74 Å². The molecular formula is C10H13BNO. The van der Waals surface area contributed by atoms with E-state index < -0.39 is 0 Å².